The smallest absolute Gasteiger partial charge is 0.128 e. The molecule has 0 saturated carbocycles. The Balaban J connectivity index is 1.42. The van der Waals surface area contributed by atoms with Gasteiger partial charge in [-0.05, 0) is 61.4 Å². The van der Waals surface area contributed by atoms with Crippen LogP contribution in [0.3, 0.4) is 0 Å². The van der Waals surface area contributed by atoms with Crippen LogP contribution < -0.4 is 14.5 Å². The highest BCUT2D eigenvalue weighted by molar-refractivity contribution is 5.59. The van der Waals surface area contributed by atoms with Crippen molar-refractivity contribution in [3.05, 3.63) is 125 Å². The van der Waals surface area contributed by atoms with E-state index in [4.69, 9.17) is 4.74 Å². The molecular weight excluding hydrogens is 404 g/mol. The molecule has 33 heavy (non-hydrogen) atoms. The van der Waals surface area contributed by atoms with Gasteiger partial charge in [-0.15, -0.1) is 0 Å². The lowest BCUT2D eigenvalue weighted by atomic mass is 10.1. The van der Waals surface area contributed by atoms with Gasteiger partial charge in [0, 0.05) is 24.5 Å². The molecule has 1 fully saturated rings. The van der Waals surface area contributed by atoms with Crippen molar-refractivity contribution in [3.63, 3.8) is 0 Å². The molecule has 1 heterocycles. The van der Waals surface area contributed by atoms with E-state index in [9.17, 15) is 0 Å². The predicted molar refractivity (Wildman–Crippen MR) is 137 cm³/mol. The minimum Gasteiger partial charge on any atom is -0.489 e. The van der Waals surface area contributed by atoms with Crippen molar-refractivity contribution in [3.8, 4) is 5.75 Å². The molecule has 4 aromatic carbocycles. The first kappa shape index (κ1) is 21.1. The third-order valence-corrected chi connectivity index (χ3v) is 6.33. The van der Waals surface area contributed by atoms with Gasteiger partial charge >= 0.3 is 0 Å². The number of anilines is 2. The normalized spacial score (nSPS) is 14.0. The average molecular weight is 435 g/mol. The largest absolute Gasteiger partial charge is 0.489 e. The van der Waals surface area contributed by atoms with Gasteiger partial charge in [-0.25, -0.2) is 0 Å². The second-order valence-electron chi connectivity index (χ2n) is 8.77. The zero-order valence-electron chi connectivity index (χ0n) is 19.3. The van der Waals surface area contributed by atoms with Crippen LogP contribution >= 0.6 is 0 Å². The summed E-state index contributed by atoms with van der Waals surface area (Å²) in [5.41, 5.74) is 7.51. The molecule has 0 spiro atoms. The van der Waals surface area contributed by atoms with Crippen LogP contribution in [0.15, 0.2) is 103 Å². The molecule has 0 aromatic heterocycles. The number of aryl methyl sites for hydroxylation is 2. The van der Waals surface area contributed by atoms with Crippen molar-refractivity contribution in [1.82, 2.24) is 0 Å². The van der Waals surface area contributed by atoms with Crippen LogP contribution in [0.4, 0.5) is 11.4 Å². The molecule has 166 valence electrons. The molecule has 0 radical (unpaired) electrons. The standard InChI is InChI=1S/C30H30N2O/c1-23-8-14-27(15-9-23)31-20-21-32(28-16-10-24(2)11-17-28)30(31)26-12-18-29(19-13-26)33-22-25-6-4-3-5-7-25/h3-19,30H,20-22H2,1-2H3. The van der Waals surface area contributed by atoms with Gasteiger partial charge in [-0.1, -0.05) is 77.9 Å². The maximum absolute atomic E-state index is 6.03. The van der Waals surface area contributed by atoms with E-state index in [1.54, 1.807) is 0 Å². The van der Waals surface area contributed by atoms with Gasteiger partial charge in [0.25, 0.3) is 0 Å². The van der Waals surface area contributed by atoms with E-state index in [0.29, 0.717) is 6.61 Å². The van der Waals surface area contributed by atoms with E-state index >= 15 is 0 Å². The number of benzene rings is 4. The summed E-state index contributed by atoms with van der Waals surface area (Å²) >= 11 is 0. The molecule has 0 bridgehead atoms. The lowest BCUT2D eigenvalue weighted by Gasteiger charge is -2.33. The third kappa shape index (κ3) is 4.73. The number of hydrogen-bond acceptors (Lipinski definition) is 3. The molecule has 1 saturated heterocycles. The summed E-state index contributed by atoms with van der Waals surface area (Å²) in [6.45, 7) is 6.81. The lowest BCUT2D eigenvalue weighted by molar-refractivity contribution is 0.306. The van der Waals surface area contributed by atoms with Crippen LogP contribution in [-0.4, -0.2) is 13.1 Å². The van der Waals surface area contributed by atoms with Crippen molar-refractivity contribution in [1.29, 1.82) is 0 Å². The van der Waals surface area contributed by atoms with Crippen molar-refractivity contribution in [2.24, 2.45) is 0 Å². The second kappa shape index (κ2) is 9.41. The topological polar surface area (TPSA) is 15.7 Å². The first-order chi connectivity index (χ1) is 16.2. The molecule has 1 aliphatic heterocycles. The van der Waals surface area contributed by atoms with Gasteiger partial charge in [-0.3, -0.25) is 0 Å². The zero-order chi connectivity index (χ0) is 22.6. The van der Waals surface area contributed by atoms with Gasteiger partial charge in [0.1, 0.15) is 18.5 Å². The zero-order valence-corrected chi connectivity index (χ0v) is 19.3. The lowest BCUT2D eigenvalue weighted by Crippen LogP contribution is -2.30. The van der Waals surface area contributed by atoms with Gasteiger partial charge in [0.2, 0.25) is 0 Å². The van der Waals surface area contributed by atoms with Crippen molar-refractivity contribution in [2.45, 2.75) is 26.6 Å². The summed E-state index contributed by atoms with van der Waals surface area (Å²) in [6, 6.07) is 36.6. The Hall–Kier alpha value is -3.72. The molecule has 0 unspecified atom stereocenters. The Labute approximate surface area is 196 Å². The molecule has 0 aliphatic carbocycles. The van der Waals surface area contributed by atoms with Crippen LogP contribution in [0.2, 0.25) is 0 Å². The summed E-state index contributed by atoms with van der Waals surface area (Å²) in [6.07, 6.45) is 0.138. The summed E-state index contributed by atoms with van der Waals surface area (Å²) in [5.74, 6) is 0.893. The predicted octanol–water partition coefficient (Wildman–Crippen LogP) is 6.91. The Kier molecular flexibility index (Phi) is 6.03. The molecule has 5 rings (SSSR count). The molecule has 1 aliphatic rings. The van der Waals surface area contributed by atoms with E-state index in [-0.39, 0.29) is 6.17 Å². The summed E-state index contributed by atoms with van der Waals surface area (Å²) in [7, 11) is 0. The fourth-order valence-electron chi connectivity index (χ4n) is 4.48. The van der Waals surface area contributed by atoms with Gasteiger partial charge in [-0.2, -0.15) is 0 Å². The first-order valence-electron chi connectivity index (χ1n) is 11.6. The van der Waals surface area contributed by atoms with Gasteiger partial charge in [0.05, 0.1) is 0 Å². The van der Waals surface area contributed by atoms with Crippen LogP contribution in [0.25, 0.3) is 0 Å². The van der Waals surface area contributed by atoms with E-state index in [1.807, 2.05) is 18.2 Å². The van der Waals surface area contributed by atoms with Crippen molar-refractivity contribution >= 4 is 11.4 Å². The summed E-state index contributed by atoms with van der Waals surface area (Å²) in [4.78, 5) is 5.00. The number of rotatable bonds is 6. The van der Waals surface area contributed by atoms with E-state index < -0.39 is 0 Å². The summed E-state index contributed by atoms with van der Waals surface area (Å²) < 4.78 is 6.03. The molecule has 0 amide bonds. The molecule has 4 aromatic rings. The molecule has 3 nitrogen and oxygen atoms in total. The van der Waals surface area contributed by atoms with Crippen LogP contribution in [0.1, 0.15) is 28.4 Å². The molecule has 3 heteroatoms. The van der Waals surface area contributed by atoms with E-state index in [1.165, 1.54) is 33.6 Å². The van der Waals surface area contributed by atoms with Crippen molar-refractivity contribution in [2.75, 3.05) is 22.9 Å². The van der Waals surface area contributed by atoms with E-state index in [0.717, 1.165) is 18.8 Å². The van der Waals surface area contributed by atoms with Gasteiger partial charge < -0.3 is 14.5 Å². The van der Waals surface area contributed by atoms with Gasteiger partial charge in [0.15, 0.2) is 0 Å². The van der Waals surface area contributed by atoms with E-state index in [2.05, 4.69) is 109 Å². The fourth-order valence-corrected chi connectivity index (χ4v) is 4.48. The third-order valence-electron chi connectivity index (χ3n) is 6.33. The number of nitrogens with zero attached hydrogens (tertiary/aromatic N) is 2. The Morgan fingerprint density at radius 2 is 1.15 bits per heavy atom. The first-order valence-corrected chi connectivity index (χ1v) is 11.6. The molecular formula is C30H30N2O. The monoisotopic (exact) mass is 434 g/mol. The quantitative estimate of drug-likeness (QED) is 0.328. The minimum absolute atomic E-state index is 0.138. The SMILES string of the molecule is Cc1ccc(N2CCN(c3ccc(C)cc3)C2c2ccc(OCc3ccccc3)cc2)cc1. The summed E-state index contributed by atoms with van der Waals surface area (Å²) in [5, 5.41) is 0. The molecule has 0 N–H and O–H groups in total. The maximum Gasteiger partial charge on any atom is 0.128 e. The fraction of sp³-hybridized carbons (Fsp3) is 0.200. The Morgan fingerprint density at radius 1 is 0.636 bits per heavy atom. The number of ether oxygens (including phenoxy) is 1. The second-order valence-corrected chi connectivity index (χ2v) is 8.77. The van der Waals surface area contributed by atoms with Crippen LogP contribution in [-0.2, 0) is 6.61 Å². The number of hydrogen-bond donors (Lipinski definition) is 0. The highest BCUT2D eigenvalue weighted by Gasteiger charge is 2.33. The van der Waals surface area contributed by atoms with Crippen LogP contribution in [0.5, 0.6) is 5.75 Å². The Morgan fingerprint density at radius 3 is 1.67 bits per heavy atom. The van der Waals surface area contributed by atoms with Crippen molar-refractivity contribution < 1.29 is 4.74 Å². The molecule has 0 atom stereocenters. The highest BCUT2D eigenvalue weighted by Crippen LogP contribution is 2.38. The average Bonchev–Trinajstić information content (AvgIpc) is 3.30. The Bertz CT molecular complexity index is 1120. The van der Waals surface area contributed by atoms with Crippen LogP contribution in [0, 0.1) is 13.8 Å². The maximum atomic E-state index is 6.03. The minimum atomic E-state index is 0.138. The highest BCUT2D eigenvalue weighted by atomic mass is 16.5.